The van der Waals surface area contributed by atoms with E-state index in [0.717, 1.165) is 12.8 Å². The Morgan fingerprint density at radius 2 is 2.00 bits per heavy atom. The number of hydrogen-bond donors (Lipinski definition) is 2. The number of amides is 1. The second-order valence-electron chi connectivity index (χ2n) is 5.53. The molecule has 1 amide bonds. The number of rotatable bonds is 5. The van der Waals surface area contributed by atoms with Gasteiger partial charge >= 0.3 is 0 Å². The molecule has 1 fully saturated rings. The van der Waals surface area contributed by atoms with E-state index >= 15 is 0 Å². The van der Waals surface area contributed by atoms with Crippen molar-refractivity contribution in [2.24, 2.45) is 5.92 Å². The van der Waals surface area contributed by atoms with Crippen molar-refractivity contribution in [2.75, 3.05) is 0 Å². The zero-order chi connectivity index (χ0) is 15.1. The Morgan fingerprint density at radius 1 is 1.40 bits per heavy atom. The SMILES string of the molecule is CC(C)C(C)NC(=O)c1n[nH]c(C2CC2)c1S(=O)(=O)Cl. The highest BCUT2D eigenvalue weighted by Gasteiger charge is 2.36. The van der Waals surface area contributed by atoms with Crippen LogP contribution in [0.2, 0.25) is 0 Å². The Morgan fingerprint density at radius 3 is 2.45 bits per heavy atom. The molecule has 0 radical (unpaired) electrons. The van der Waals surface area contributed by atoms with Crippen molar-refractivity contribution >= 4 is 25.6 Å². The predicted octanol–water partition coefficient (Wildman–Crippen LogP) is 1.99. The van der Waals surface area contributed by atoms with E-state index in [2.05, 4.69) is 15.5 Å². The van der Waals surface area contributed by atoms with E-state index in [1.165, 1.54) is 0 Å². The summed E-state index contributed by atoms with van der Waals surface area (Å²) in [6.07, 6.45) is 1.76. The van der Waals surface area contributed by atoms with Gasteiger partial charge in [-0.3, -0.25) is 9.89 Å². The van der Waals surface area contributed by atoms with Crippen molar-refractivity contribution in [3.63, 3.8) is 0 Å². The van der Waals surface area contributed by atoms with E-state index in [4.69, 9.17) is 10.7 Å². The van der Waals surface area contributed by atoms with Crippen LogP contribution < -0.4 is 5.32 Å². The third kappa shape index (κ3) is 3.15. The predicted molar refractivity (Wildman–Crippen MR) is 75.4 cm³/mol. The number of halogens is 1. The standard InChI is InChI=1S/C12H18ClN3O3S/c1-6(2)7(3)14-12(17)10-11(20(13,18)19)9(15-16-10)8-4-5-8/h6-8H,4-5H2,1-3H3,(H,14,17)(H,15,16). The molecule has 0 bridgehead atoms. The summed E-state index contributed by atoms with van der Waals surface area (Å²) in [6.45, 7) is 5.78. The van der Waals surface area contributed by atoms with Gasteiger partial charge in [-0.25, -0.2) is 8.42 Å². The molecule has 2 N–H and O–H groups in total. The molecule has 0 aromatic carbocycles. The zero-order valence-corrected chi connectivity index (χ0v) is 13.2. The Hall–Kier alpha value is -1.08. The Bertz CT molecular complexity index is 620. The number of nitrogens with zero attached hydrogens (tertiary/aromatic N) is 1. The van der Waals surface area contributed by atoms with Gasteiger partial charge in [0.05, 0.1) is 5.69 Å². The third-order valence-corrected chi connectivity index (χ3v) is 4.91. The third-order valence-electron chi connectivity index (χ3n) is 3.55. The molecule has 1 saturated carbocycles. The molecule has 1 aliphatic rings. The molecule has 1 aromatic rings. The van der Waals surface area contributed by atoms with Crippen LogP contribution in [-0.4, -0.2) is 30.6 Å². The summed E-state index contributed by atoms with van der Waals surface area (Å²) in [7, 11) is 1.45. The second kappa shape index (κ2) is 5.37. The first-order valence-corrected chi connectivity index (χ1v) is 8.86. The van der Waals surface area contributed by atoms with Gasteiger partial charge in [-0.15, -0.1) is 0 Å². The lowest BCUT2D eigenvalue weighted by Crippen LogP contribution is -2.36. The van der Waals surface area contributed by atoms with Gasteiger partial charge in [0.25, 0.3) is 15.0 Å². The van der Waals surface area contributed by atoms with E-state index in [-0.39, 0.29) is 28.5 Å². The van der Waals surface area contributed by atoms with Gasteiger partial charge in [0.1, 0.15) is 4.90 Å². The maximum atomic E-state index is 12.2. The van der Waals surface area contributed by atoms with Crippen LogP contribution in [0.4, 0.5) is 0 Å². The van der Waals surface area contributed by atoms with E-state index in [1.807, 2.05) is 20.8 Å². The molecule has 1 aromatic heterocycles. The van der Waals surface area contributed by atoms with Crippen molar-refractivity contribution in [1.29, 1.82) is 0 Å². The van der Waals surface area contributed by atoms with Gasteiger partial charge in [0.15, 0.2) is 5.69 Å². The summed E-state index contributed by atoms with van der Waals surface area (Å²) in [5, 5.41) is 9.24. The molecule has 0 aliphatic heterocycles. The van der Waals surface area contributed by atoms with Gasteiger partial charge in [0.2, 0.25) is 0 Å². The quantitative estimate of drug-likeness (QED) is 0.812. The Labute approximate surface area is 122 Å². The van der Waals surface area contributed by atoms with Gasteiger partial charge < -0.3 is 5.32 Å². The molecular formula is C12H18ClN3O3S. The number of hydrogen-bond acceptors (Lipinski definition) is 4. The van der Waals surface area contributed by atoms with Crippen LogP contribution in [0.25, 0.3) is 0 Å². The normalized spacial score (nSPS) is 17.2. The largest absolute Gasteiger partial charge is 0.348 e. The van der Waals surface area contributed by atoms with Crippen LogP contribution in [0.5, 0.6) is 0 Å². The summed E-state index contributed by atoms with van der Waals surface area (Å²) in [4.78, 5) is 12.0. The summed E-state index contributed by atoms with van der Waals surface area (Å²) >= 11 is 0. The van der Waals surface area contributed by atoms with Gasteiger partial charge in [-0.2, -0.15) is 5.10 Å². The van der Waals surface area contributed by atoms with E-state index in [1.54, 1.807) is 0 Å². The average molecular weight is 320 g/mol. The number of carbonyl (C=O) groups excluding carboxylic acids is 1. The fourth-order valence-corrected chi connectivity index (χ4v) is 3.15. The van der Waals surface area contributed by atoms with E-state index < -0.39 is 15.0 Å². The first-order valence-electron chi connectivity index (χ1n) is 6.55. The minimum Gasteiger partial charge on any atom is -0.348 e. The van der Waals surface area contributed by atoms with Gasteiger partial charge in [0, 0.05) is 22.6 Å². The molecule has 1 atom stereocenters. The highest BCUT2D eigenvalue weighted by Crippen LogP contribution is 2.43. The van der Waals surface area contributed by atoms with Crippen LogP contribution in [0.1, 0.15) is 55.7 Å². The molecule has 0 spiro atoms. The Kier molecular flexibility index (Phi) is 4.11. The lowest BCUT2D eigenvalue weighted by molar-refractivity contribution is 0.0922. The second-order valence-corrected chi connectivity index (χ2v) is 8.04. The number of carbonyl (C=O) groups is 1. The Balaban J connectivity index is 2.35. The first-order chi connectivity index (χ1) is 9.21. The van der Waals surface area contributed by atoms with Crippen molar-refractivity contribution in [3.05, 3.63) is 11.4 Å². The topological polar surface area (TPSA) is 91.9 Å². The molecule has 8 heteroatoms. The number of aromatic amines is 1. The molecule has 6 nitrogen and oxygen atoms in total. The molecule has 1 heterocycles. The van der Waals surface area contributed by atoms with Crippen LogP contribution >= 0.6 is 10.7 Å². The molecule has 0 saturated heterocycles. The van der Waals surface area contributed by atoms with Crippen molar-refractivity contribution in [2.45, 2.75) is 50.5 Å². The average Bonchev–Trinajstić information content (AvgIpc) is 3.05. The number of H-pyrrole nitrogens is 1. The minimum absolute atomic E-state index is 0.0885. The number of aromatic nitrogens is 2. The zero-order valence-electron chi connectivity index (χ0n) is 11.6. The van der Waals surface area contributed by atoms with Crippen LogP contribution in [0.3, 0.4) is 0 Å². The summed E-state index contributed by atoms with van der Waals surface area (Å²) < 4.78 is 23.4. The molecule has 112 valence electrons. The first kappa shape index (κ1) is 15.3. The summed E-state index contributed by atoms with van der Waals surface area (Å²) in [6, 6.07) is -0.0885. The smallest absolute Gasteiger partial charge is 0.273 e. The lowest BCUT2D eigenvalue weighted by Gasteiger charge is -2.16. The summed E-state index contributed by atoms with van der Waals surface area (Å²) in [5.74, 6) is -0.180. The maximum Gasteiger partial charge on any atom is 0.273 e. The maximum absolute atomic E-state index is 12.2. The van der Waals surface area contributed by atoms with Crippen molar-refractivity contribution < 1.29 is 13.2 Å². The molecule has 1 aliphatic carbocycles. The van der Waals surface area contributed by atoms with Crippen molar-refractivity contribution in [1.82, 2.24) is 15.5 Å². The minimum atomic E-state index is -4.01. The van der Waals surface area contributed by atoms with Crippen LogP contribution in [0.15, 0.2) is 4.90 Å². The van der Waals surface area contributed by atoms with E-state index in [9.17, 15) is 13.2 Å². The molecule has 20 heavy (non-hydrogen) atoms. The lowest BCUT2D eigenvalue weighted by atomic mass is 10.1. The summed E-state index contributed by atoms with van der Waals surface area (Å²) in [5.41, 5.74) is 0.303. The van der Waals surface area contributed by atoms with Gasteiger partial charge in [-0.05, 0) is 25.7 Å². The van der Waals surface area contributed by atoms with Crippen LogP contribution in [0, 0.1) is 5.92 Å². The molecule has 2 rings (SSSR count). The monoisotopic (exact) mass is 319 g/mol. The highest BCUT2D eigenvalue weighted by atomic mass is 35.7. The number of nitrogens with one attached hydrogen (secondary N) is 2. The van der Waals surface area contributed by atoms with Crippen LogP contribution in [-0.2, 0) is 9.05 Å². The fraction of sp³-hybridized carbons (Fsp3) is 0.667. The molecule has 1 unspecified atom stereocenters. The van der Waals surface area contributed by atoms with Gasteiger partial charge in [-0.1, -0.05) is 13.8 Å². The van der Waals surface area contributed by atoms with E-state index in [0.29, 0.717) is 5.69 Å². The van der Waals surface area contributed by atoms with Crippen molar-refractivity contribution in [3.8, 4) is 0 Å². The highest BCUT2D eigenvalue weighted by molar-refractivity contribution is 8.13. The fourth-order valence-electron chi connectivity index (χ4n) is 1.84. The molecular weight excluding hydrogens is 302 g/mol.